The number of hydrogen-bond acceptors (Lipinski definition) is 6. The van der Waals surface area contributed by atoms with Crippen LogP contribution in [0.1, 0.15) is 24.8 Å². The summed E-state index contributed by atoms with van der Waals surface area (Å²) in [5, 5.41) is 2.85. The first-order valence-corrected chi connectivity index (χ1v) is 11.9. The normalized spacial score (nSPS) is 19.7. The lowest BCUT2D eigenvalue weighted by Crippen LogP contribution is -2.47. The molecule has 0 atom stereocenters. The Hall–Kier alpha value is -1.68. The number of nitrogens with zero attached hydrogens (tertiary/aromatic N) is 2. The molecule has 3 rings (SSSR count). The Morgan fingerprint density at radius 1 is 1.10 bits per heavy atom. The summed E-state index contributed by atoms with van der Waals surface area (Å²) in [5.74, 6) is 0.168. The molecule has 2 heterocycles. The highest BCUT2D eigenvalue weighted by Crippen LogP contribution is 2.16. The summed E-state index contributed by atoms with van der Waals surface area (Å²) in [5.41, 5.74) is 0.931. The standard InChI is InChI=1S/C20H31N3O5S/c24-20(28-17-18-5-2-1-3-6-18)21-19-7-10-23(11-8-19)29(25,26)16-4-9-22-12-14-27-15-13-22/h1-3,5-6,19H,4,7-17H2,(H,21,24). The highest BCUT2D eigenvalue weighted by molar-refractivity contribution is 7.89. The van der Waals surface area contributed by atoms with Gasteiger partial charge in [0.2, 0.25) is 10.0 Å². The van der Waals surface area contributed by atoms with Gasteiger partial charge in [-0.15, -0.1) is 0 Å². The molecule has 162 valence electrons. The van der Waals surface area contributed by atoms with Crippen molar-refractivity contribution in [2.75, 3.05) is 51.7 Å². The van der Waals surface area contributed by atoms with E-state index in [0.29, 0.717) is 32.4 Å². The zero-order valence-corrected chi connectivity index (χ0v) is 17.6. The van der Waals surface area contributed by atoms with E-state index in [0.717, 1.165) is 38.4 Å². The summed E-state index contributed by atoms with van der Waals surface area (Å²) >= 11 is 0. The summed E-state index contributed by atoms with van der Waals surface area (Å²) in [7, 11) is -3.25. The fourth-order valence-electron chi connectivity index (χ4n) is 3.63. The smallest absolute Gasteiger partial charge is 0.407 e. The van der Waals surface area contributed by atoms with Crippen LogP contribution < -0.4 is 5.32 Å². The molecule has 0 aromatic heterocycles. The fraction of sp³-hybridized carbons (Fsp3) is 0.650. The van der Waals surface area contributed by atoms with E-state index in [9.17, 15) is 13.2 Å². The van der Waals surface area contributed by atoms with Crippen molar-refractivity contribution >= 4 is 16.1 Å². The molecule has 0 spiro atoms. The number of sulfonamides is 1. The number of hydrogen-bond donors (Lipinski definition) is 1. The summed E-state index contributed by atoms with van der Waals surface area (Å²) in [4.78, 5) is 14.2. The fourth-order valence-corrected chi connectivity index (χ4v) is 5.15. The number of ether oxygens (including phenoxy) is 2. The van der Waals surface area contributed by atoms with Gasteiger partial charge >= 0.3 is 6.09 Å². The van der Waals surface area contributed by atoms with Crippen LogP contribution in [-0.4, -0.2) is 81.4 Å². The van der Waals surface area contributed by atoms with Crippen LogP contribution in [0, 0.1) is 0 Å². The lowest BCUT2D eigenvalue weighted by atomic mass is 10.1. The van der Waals surface area contributed by atoms with Crippen molar-refractivity contribution in [3.63, 3.8) is 0 Å². The monoisotopic (exact) mass is 425 g/mol. The molecule has 0 saturated carbocycles. The van der Waals surface area contributed by atoms with Gasteiger partial charge < -0.3 is 14.8 Å². The van der Waals surface area contributed by atoms with Gasteiger partial charge in [-0.3, -0.25) is 4.90 Å². The summed E-state index contributed by atoms with van der Waals surface area (Å²) in [6.07, 6.45) is 1.37. The first-order chi connectivity index (χ1) is 14.0. The molecule has 9 heteroatoms. The third kappa shape index (κ3) is 7.26. The van der Waals surface area contributed by atoms with Crippen LogP contribution in [0.3, 0.4) is 0 Å². The third-order valence-corrected chi connectivity index (χ3v) is 7.32. The first-order valence-electron chi connectivity index (χ1n) is 10.3. The lowest BCUT2D eigenvalue weighted by molar-refractivity contribution is 0.0380. The van der Waals surface area contributed by atoms with Crippen molar-refractivity contribution < 1.29 is 22.7 Å². The minimum Gasteiger partial charge on any atom is -0.445 e. The van der Waals surface area contributed by atoms with E-state index < -0.39 is 16.1 Å². The molecule has 0 aliphatic carbocycles. The zero-order chi connectivity index (χ0) is 20.5. The highest BCUT2D eigenvalue weighted by atomic mass is 32.2. The Morgan fingerprint density at radius 2 is 1.79 bits per heavy atom. The van der Waals surface area contributed by atoms with E-state index in [1.54, 1.807) is 4.31 Å². The summed E-state index contributed by atoms with van der Waals surface area (Å²) in [6, 6.07) is 9.44. The number of benzene rings is 1. The first kappa shape index (κ1) is 22.0. The molecule has 0 unspecified atom stereocenters. The predicted octanol–water partition coefficient (Wildman–Crippen LogP) is 1.43. The Bertz CT molecular complexity index is 730. The number of amides is 1. The second-order valence-corrected chi connectivity index (χ2v) is 9.59. The van der Waals surface area contributed by atoms with Gasteiger partial charge in [0.1, 0.15) is 6.61 Å². The maximum Gasteiger partial charge on any atom is 0.407 e. The van der Waals surface area contributed by atoms with E-state index >= 15 is 0 Å². The number of morpholine rings is 1. The molecule has 2 aliphatic rings. The molecule has 2 saturated heterocycles. The van der Waals surface area contributed by atoms with Gasteiger partial charge in [-0.2, -0.15) is 0 Å². The maximum absolute atomic E-state index is 12.6. The predicted molar refractivity (Wildman–Crippen MR) is 110 cm³/mol. The van der Waals surface area contributed by atoms with Crippen LogP contribution in [0.15, 0.2) is 30.3 Å². The third-order valence-electron chi connectivity index (χ3n) is 5.36. The quantitative estimate of drug-likeness (QED) is 0.678. The van der Waals surface area contributed by atoms with Gasteiger partial charge in [-0.05, 0) is 31.4 Å². The topological polar surface area (TPSA) is 88.2 Å². The molecule has 1 amide bonds. The molecule has 8 nitrogen and oxygen atoms in total. The van der Waals surface area contributed by atoms with E-state index in [1.165, 1.54) is 0 Å². The highest BCUT2D eigenvalue weighted by Gasteiger charge is 2.28. The van der Waals surface area contributed by atoms with Crippen molar-refractivity contribution in [1.29, 1.82) is 0 Å². The van der Waals surface area contributed by atoms with Crippen molar-refractivity contribution in [2.45, 2.75) is 31.9 Å². The van der Waals surface area contributed by atoms with Gasteiger partial charge in [0, 0.05) is 32.2 Å². The molecule has 2 aliphatic heterocycles. The van der Waals surface area contributed by atoms with E-state index in [1.807, 2.05) is 30.3 Å². The molecular formula is C20H31N3O5S. The second-order valence-electron chi connectivity index (χ2n) is 7.50. The average Bonchev–Trinajstić information content (AvgIpc) is 2.74. The van der Waals surface area contributed by atoms with E-state index in [2.05, 4.69) is 10.2 Å². The number of alkyl carbamates (subject to hydrolysis) is 1. The molecule has 1 aromatic carbocycles. The van der Waals surface area contributed by atoms with Crippen LogP contribution in [0.5, 0.6) is 0 Å². The number of carbonyl (C=O) groups is 1. The average molecular weight is 426 g/mol. The largest absolute Gasteiger partial charge is 0.445 e. The molecule has 0 bridgehead atoms. The zero-order valence-electron chi connectivity index (χ0n) is 16.8. The Labute approximate surface area is 173 Å². The number of piperidine rings is 1. The van der Waals surface area contributed by atoms with Gasteiger partial charge in [0.15, 0.2) is 0 Å². The van der Waals surface area contributed by atoms with E-state index in [4.69, 9.17) is 9.47 Å². The van der Waals surface area contributed by atoms with Crippen molar-refractivity contribution in [1.82, 2.24) is 14.5 Å². The van der Waals surface area contributed by atoms with Crippen LogP contribution in [0.2, 0.25) is 0 Å². The lowest BCUT2D eigenvalue weighted by Gasteiger charge is -2.32. The van der Waals surface area contributed by atoms with Gasteiger partial charge in [0.25, 0.3) is 0 Å². The number of rotatable bonds is 8. The number of nitrogens with one attached hydrogen (secondary N) is 1. The van der Waals surface area contributed by atoms with Crippen LogP contribution in [0.4, 0.5) is 4.79 Å². The van der Waals surface area contributed by atoms with E-state index in [-0.39, 0.29) is 18.4 Å². The summed E-state index contributed by atoms with van der Waals surface area (Å²) in [6.45, 7) is 5.07. The molecule has 1 aromatic rings. The van der Waals surface area contributed by atoms with Crippen molar-refractivity contribution in [3.05, 3.63) is 35.9 Å². The van der Waals surface area contributed by atoms with Crippen LogP contribution in [0.25, 0.3) is 0 Å². The second kappa shape index (κ2) is 10.9. The van der Waals surface area contributed by atoms with Crippen LogP contribution >= 0.6 is 0 Å². The van der Waals surface area contributed by atoms with Crippen molar-refractivity contribution in [3.8, 4) is 0 Å². The Kier molecular flexibility index (Phi) is 8.29. The number of carbonyl (C=O) groups excluding carboxylic acids is 1. The summed E-state index contributed by atoms with van der Waals surface area (Å²) < 4.78 is 37.3. The molecule has 1 N–H and O–H groups in total. The van der Waals surface area contributed by atoms with Crippen molar-refractivity contribution in [2.24, 2.45) is 0 Å². The Balaban J connectivity index is 1.33. The molecule has 29 heavy (non-hydrogen) atoms. The Morgan fingerprint density at radius 3 is 2.48 bits per heavy atom. The maximum atomic E-state index is 12.6. The minimum atomic E-state index is -3.25. The van der Waals surface area contributed by atoms with Gasteiger partial charge in [-0.25, -0.2) is 17.5 Å². The SMILES string of the molecule is O=C(NC1CCN(S(=O)(=O)CCCN2CCOCC2)CC1)OCc1ccccc1. The molecular weight excluding hydrogens is 394 g/mol. The van der Waals surface area contributed by atoms with Gasteiger partial charge in [0.05, 0.1) is 19.0 Å². The van der Waals surface area contributed by atoms with Crippen LogP contribution in [-0.2, 0) is 26.1 Å². The van der Waals surface area contributed by atoms with Gasteiger partial charge in [-0.1, -0.05) is 30.3 Å². The minimum absolute atomic E-state index is 0.0573. The molecule has 2 fully saturated rings. The molecule has 0 radical (unpaired) electrons.